The zero-order valence-corrected chi connectivity index (χ0v) is 19.1. The fourth-order valence-corrected chi connectivity index (χ4v) is 3.88. The third-order valence-electron chi connectivity index (χ3n) is 6.08. The van der Waals surface area contributed by atoms with Crippen LogP contribution >= 0.6 is 0 Å². The van der Waals surface area contributed by atoms with Gasteiger partial charge in [0, 0.05) is 26.6 Å². The van der Waals surface area contributed by atoms with Crippen molar-refractivity contribution in [2.24, 2.45) is 7.05 Å². The molecule has 190 valence electrons. The molecule has 0 aliphatic carbocycles. The van der Waals surface area contributed by atoms with Crippen molar-refractivity contribution in [2.45, 2.75) is 30.3 Å². The number of fused-ring (bicyclic) bond motifs is 1. The molecule has 3 N–H and O–H groups in total. The van der Waals surface area contributed by atoms with Crippen LogP contribution in [0.5, 0.6) is 0 Å². The van der Waals surface area contributed by atoms with Gasteiger partial charge >= 0.3 is 11.9 Å². The van der Waals surface area contributed by atoms with Crippen molar-refractivity contribution in [3.8, 4) is 17.2 Å². The van der Waals surface area contributed by atoms with E-state index in [1.54, 1.807) is 25.2 Å². The predicted octanol–water partition coefficient (Wildman–Crippen LogP) is 1.63. The topological polar surface area (TPSA) is 130 Å². The smallest absolute Gasteiger partial charge is 0.408 e. The first kappa shape index (κ1) is 25.4. The predicted molar refractivity (Wildman–Crippen MR) is 122 cm³/mol. The Morgan fingerprint density at radius 1 is 1.31 bits per heavy atom. The number of rotatable bonds is 5. The van der Waals surface area contributed by atoms with Crippen molar-refractivity contribution < 1.29 is 32.2 Å². The lowest BCUT2D eigenvalue weighted by Crippen LogP contribution is -2.54. The minimum atomic E-state index is -4.92. The summed E-state index contributed by atoms with van der Waals surface area (Å²) in [6.45, 7) is -2.15. The van der Waals surface area contributed by atoms with E-state index in [2.05, 4.69) is 10.6 Å². The molecular weight excluding hydrogens is 481 g/mol. The summed E-state index contributed by atoms with van der Waals surface area (Å²) in [7, 11) is 1.62. The molecule has 1 saturated heterocycles. The Morgan fingerprint density at radius 2 is 2.00 bits per heavy atom. The summed E-state index contributed by atoms with van der Waals surface area (Å²) in [5, 5.41) is 24.1. The number of benzene rings is 2. The molecule has 2 heterocycles. The number of oxazole rings is 1. The first-order valence-corrected chi connectivity index (χ1v) is 11.0. The van der Waals surface area contributed by atoms with E-state index < -0.39 is 48.7 Å². The molecule has 36 heavy (non-hydrogen) atoms. The van der Waals surface area contributed by atoms with Gasteiger partial charge in [0.1, 0.15) is 12.1 Å². The van der Waals surface area contributed by atoms with Gasteiger partial charge in [0.15, 0.2) is 11.2 Å². The van der Waals surface area contributed by atoms with Crippen LogP contribution in [0.25, 0.3) is 22.2 Å². The van der Waals surface area contributed by atoms with Crippen LogP contribution in [0.1, 0.15) is 5.56 Å². The first-order chi connectivity index (χ1) is 17.0. The second-order valence-electron chi connectivity index (χ2n) is 8.66. The highest BCUT2D eigenvalue weighted by Crippen LogP contribution is 2.31. The van der Waals surface area contributed by atoms with Crippen LogP contribution in [-0.4, -0.2) is 59.2 Å². The van der Waals surface area contributed by atoms with Crippen molar-refractivity contribution in [3.63, 3.8) is 0 Å². The lowest BCUT2D eigenvalue weighted by Gasteiger charge is -2.28. The van der Waals surface area contributed by atoms with E-state index in [-0.39, 0.29) is 13.0 Å². The molecular formula is C24H23F3N4O5. The summed E-state index contributed by atoms with van der Waals surface area (Å²) < 4.78 is 50.7. The SMILES string of the molecule is Cn1c(=O)oc2ccc(-c3ccc(C[C@@H](C#N)NC(=O)[C@@H]4CNCC(O)(C(F)(F)F)CO4)cc3)cc21. The van der Waals surface area contributed by atoms with Gasteiger partial charge in [-0.25, -0.2) is 4.79 Å². The van der Waals surface area contributed by atoms with Gasteiger partial charge in [0.2, 0.25) is 0 Å². The van der Waals surface area contributed by atoms with Gasteiger partial charge in [-0.05, 0) is 28.8 Å². The minimum absolute atomic E-state index is 0.157. The van der Waals surface area contributed by atoms with Crippen LogP contribution in [0, 0.1) is 11.3 Å². The fraction of sp³-hybridized carbons (Fsp3) is 0.375. The molecule has 1 aliphatic rings. The minimum Gasteiger partial charge on any atom is -0.408 e. The Bertz CT molecular complexity index is 1360. The highest BCUT2D eigenvalue weighted by molar-refractivity contribution is 5.82. The van der Waals surface area contributed by atoms with E-state index in [0.29, 0.717) is 11.1 Å². The third-order valence-corrected chi connectivity index (χ3v) is 6.08. The largest absolute Gasteiger partial charge is 0.420 e. The number of nitrogens with zero attached hydrogens (tertiary/aromatic N) is 2. The molecule has 3 atom stereocenters. The van der Waals surface area contributed by atoms with Crippen LogP contribution in [0.4, 0.5) is 13.2 Å². The molecule has 4 rings (SSSR count). The number of aliphatic hydroxyl groups is 1. The molecule has 1 aliphatic heterocycles. The zero-order chi connectivity index (χ0) is 26.1. The van der Waals surface area contributed by atoms with E-state index in [0.717, 1.165) is 16.7 Å². The summed E-state index contributed by atoms with van der Waals surface area (Å²) in [6, 6.07) is 13.6. The van der Waals surface area contributed by atoms with Gasteiger partial charge in [-0.2, -0.15) is 18.4 Å². The van der Waals surface area contributed by atoms with Crippen molar-refractivity contribution in [2.75, 3.05) is 19.7 Å². The van der Waals surface area contributed by atoms with Gasteiger partial charge in [-0.15, -0.1) is 0 Å². The summed E-state index contributed by atoms with van der Waals surface area (Å²) in [6.07, 6.45) is -6.06. The lowest BCUT2D eigenvalue weighted by atomic mass is 10.0. The second kappa shape index (κ2) is 9.77. The first-order valence-electron chi connectivity index (χ1n) is 11.0. The summed E-state index contributed by atoms with van der Waals surface area (Å²) in [5.74, 6) is -1.21. The maximum atomic E-state index is 13.0. The van der Waals surface area contributed by atoms with Crippen molar-refractivity contribution >= 4 is 17.0 Å². The van der Waals surface area contributed by atoms with Crippen LogP contribution in [-0.2, 0) is 23.0 Å². The number of β-amino-alcohol motifs (C(OH)–C–C–N with tert-alkyl or cyclic N) is 1. The number of amides is 1. The Hall–Kier alpha value is -3.66. The molecule has 0 saturated carbocycles. The quantitative estimate of drug-likeness (QED) is 0.482. The highest BCUT2D eigenvalue weighted by atomic mass is 19.4. The van der Waals surface area contributed by atoms with Crippen LogP contribution in [0.3, 0.4) is 0 Å². The maximum Gasteiger partial charge on any atom is 0.420 e. The molecule has 9 nitrogen and oxygen atoms in total. The van der Waals surface area contributed by atoms with Crippen LogP contribution < -0.4 is 16.4 Å². The fourth-order valence-electron chi connectivity index (χ4n) is 3.88. The Morgan fingerprint density at radius 3 is 2.67 bits per heavy atom. The molecule has 0 bridgehead atoms. The lowest BCUT2D eigenvalue weighted by molar-refractivity contribution is -0.270. The molecule has 12 heteroatoms. The number of hydrogen-bond donors (Lipinski definition) is 3. The van der Waals surface area contributed by atoms with Gasteiger partial charge in [-0.1, -0.05) is 30.3 Å². The van der Waals surface area contributed by atoms with Crippen molar-refractivity contribution in [3.05, 3.63) is 58.6 Å². The number of alkyl halides is 3. The van der Waals surface area contributed by atoms with Crippen LogP contribution in [0.2, 0.25) is 0 Å². The molecule has 1 amide bonds. The average molecular weight is 504 g/mol. The monoisotopic (exact) mass is 504 g/mol. The number of nitrogens with one attached hydrogen (secondary N) is 2. The molecule has 0 radical (unpaired) electrons. The van der Waals surface area contributed by atoms with Crippen LogP contribution in [0.15, 0.2) is 51.7 Å². The standard InChI is InChI=1S/C24H23F3N4O5/c1-31-18-9-16(6-7-19(18)36-22(31)33)15-4-2-14(3-5-15)8-17(10-28)30-21(32)20-11-29-12-23(34,13-35-20)24(25,26)27/h2-7,9,17,20,29,34H,8,11-13H2,1H3,(H,30,32)/t17-,20-,23?/m0/s1. The molecule has 2 aromatic carbocycles. The second-order valence-corrected chi connectivity index (χ2v) is 8.66. The van der Waals surface area contributed by atoms with E-state index in [1.807, 2.05) is 30.3 Å². The zero-order valence-electron chi connectivity index (χ0n) is 19.1. The Kier molecular flexibility index (Phi) is 6.90. The van der Waals surface area contributed by atoms with Gasteiger partial charge in [0.25, 0.3) is 5.91 Å². The summed E-state index contributed by atoms with van der Waals surface area (Å²) in [4.78, 5) is 24.2. The van der Waals surface area contributed by atoms with Gasteiger partial charge in [0.05, 0.1) is 18.2 Å². The average Bonchev–Trinajstić information content (AvgIpc) is 2.99. The highest BCUT2D eigenvalue weighted by Gasteiger charge is 2.55. The van der Waals surface area contributed by atoms with Crippen molar-refractivity contribution in [1.29, 1.82) is 5.26 Å². The van der Waals surface area contributed by atoms with Gasteiger partial charge < -0.3 is 24.9 Å². The molecule has 3 aromatic rings. The number of aromatic nitrogens is 1. The van der Waals surface area contributed by atoms with E-state index in [9.17, 15) is 33.1 Å². The number of nitriles is 1. The van der Waals surface area contributed by atoms with Crippen molar-refractivity contribution in [1.82, 2.24) is 15.2 Å². The third kappa shape index (κ3) is 5.13. The Balaban J connectivity index is 1.39. The molecule has 1 fully saturated rings. The number of ether oxygens (including phenoxy) is 1. The number of aryl methyl sites for hydroxylation is 1. The summed E-state index contributed by atoms with van der Waals surface area (Å²) >= 11 is 0. The summed E-state index contributed by atoms with van der Waals surface area (Å²) in [5.41, 5.74) is 0.488. The van der Waals surface area contributed by atoms with E-state index in [4.69, 9.17) is 9.15 Å². The van der Waals surface area contributed by atoms with Gasteiger partial charge in [-0.3, -0.25) is 9.36 Å². The molecule has 1 aromatic heterocycles. The number of carbonyl (C=O) groups excluding carboxylic acids is 1. The normalized spacial score (nSPS) is 21.5. The number of halogens is 3. The van der Waals surface area contributed by atoms with E-state index >= 15 is 0 Å². The maximum absolute atomic E-state index is 13.0. The number of hydrogen-bond acceptors (Lipinski definition) is 7. The number of carbonyl (C=O) groups is 1. The Labute approximate surface area is 203 Å². The molecule has 0 spiro atoms. The van der Waals surface area contributed by atoms with E-state index in [1.165, 1.54) is 4.57 Å². The molecule has 1 unspecified atom stereocenters.